The maximum atomic E-state index is 5.95. The highest BCUT2D eigenvalue weighted by molar-refractivity contribution is 7.13. The third-order valence-electron chi connectivity index (χ3n) is 3.67. The maximum absolute atomic E-state index is 5.95. The Morgan fingerprint density at radius 2 is 2.24 bits per heavy atom. The largest absolute Gasteiger partial charge is 0.418 e. The molecule has 0 aliphatic carbocycles. The molecule has 0 unspecified atom stereocenters. The van der Waals surface area contributed by atoms with Crippen LogP contribution < -0.4 is 0 Å². The van der Waals surface area contributed by atoms with E-state index in [0.29, 0.717) is 11.8 Å². The van der Waals surface area contributed by atoms with E-state index >= 15 is 0 Å². The average Bonchev–Trinajstić information content (AvgIpc) is 3.06. The van der Waals surface area contributed by atoms with Crippen LogP contribution in [-0.4, -0.2) is 39.9 Å². The van der Waals surface area contributed by atoms with E-state index in [4.69, 9.17) is 9.15 Å². The molecule has 114 valence electrons. The lowest BCUT2D eigenvalue weighted by atomic mass is 10.0. The number of hydrogen-bond donors (Lipinski definition) is 0. The van der Waals surface area contributed by atoms with Crippen LogP contribution in [0.25, 0.3) is 10.8 Å². The predicted molar refractivity (Wildman–Crippen MR) is 82.2 cm³/mol. The van der Waals surface area contributed by atoms with E-state index in [2.05, 4.69) is 42.8 Å². The van der Waals surface area contributed by atoms with Crippen LogP contribution in [0.5, 0.6) is 0 Å². The number of rotatable bonds is 3. The fourth-order valence-electron chi connectivity index (χ4n) is 2.86. The number of thiophene rings is 1. The topological polar surface area (TPSA) is 51.4 Å². The highest BCUT2D eigenvalue weighted by Crippen LogP contribution is 2.30. The lowest BCUT2D eigenvalue weighted by Crippen LogP contribution is -2.52. The number of hydrogen-bond acceptors (Lipinski definition) is 6. The molecule has 0 saturated carbocycles. The van der Waals surface area contributed by atoms with Crippen molar-refractivity contribution >= 4 is 11.3 Å². The van der Waals surface area contributed by atoms with Crippen molar-refractivity contribution < 1.29 is 9.15 Å². The third-order valence-corrected chi connectivity index (χ3v) is 4.53. The van der Waals surface area contributed by atoms with Gasteiger partial charge in [0.15, 0.2) is 0 Å². The van der Waals surface area contributed by atoms with Gasteiger partial charge in [-0.2, -0.15) is 0 Å². The van der Waals surface area contributed by atoms with Gasteiger partial charge >= 0.3 is 0 Å². The molecule has 1 fully saturated rings. The van der Waals surface area contributed by atoms with Crippen LogP contribution in [0.15, 0.2) is 21.9 Å². The van der Waals surface area contributed by atoms with E-state index in [9.17, 15) is 0 Å². The molecule has 21 heavy (non-hydrogen) atoms. The number of nitrogens with zero attached hydrogens (tertiary/aromatic N) is 3. The predicted octanol–water partition coefficient (Wildman–Crippen LogP) is 3.36. The van der Waals surface area contributed by atoms with Gasteiger partial charge in [-0.15, -0.1) is 21.5 Å². The summed E-state index contributed by atoms with van der Waals surface area (Å²) >= 11 is 1.61. The number of aromatic nitrogens is 2. The van der Waals surface area contributed by atoms with Crippen molar-refractivity contribution in [1.82, 2.24) is 15.1 Å². The summed E-state index contributed by atoms with van der Waals surface area (Å²) < 4.78 is 11.8. The van der Waals surface area contributed by atoms with Crippen molar-refractivity contribution in [3.63, 3.8) is 0 Å². The summed E-state index contributed by atoms with van der Waals surface area (Å²) in [6, 6.07) is 4.07. The van der Waals surface area contributed by atoms with Crippen molar-refractivity contribution in [3.8, 4) is 10.8 Å². The van der Waals surface area contributed by atoms with Crippen LogP contribution in [-0.2, 0) is 4.74 Å². The minimum atomic E-state index is -0.150. The molecular formula is C15H21N3O2S. The van der Waals surface area contributed by atoms with Crippen molar-refractivity contribution in [2.24, 2.45) is 0 Å². The van der Waals surface area contributed by atoms with E-state index in [-0.39, 0.29) is 17.7 Å². The van der Waals surface area contributed by atoms with Gasteiger partial charge in [-0.05, 0) is 39.1 Å². The zero-order valence-electron chi connectivity index (χ0n) is 12.9. The zero-order chi connectivity index (χ0) is 15.0. The van der Waals surface area contributed by atoms with Crippen LogP contribution in [0.2, 0.25) is 0 Å². The first-order valence-corrected chi connectivity index (χ1v) is 8.12. The second-order valence-corrected chi connectivity index (χ2v) is 7.16. The van der Waals surface area contributed by atoms with E-state index in [1.54, 1.807) is 11.3 Å². The molecule has 2 aromatic heterocycles. The van der Waals surface area contributed by atoms with Crippen molar-refractivity contribution in [2.45, 2.75) is 45.4 Å². The van der Waals surface area contributed by atoms with Gasteiger partial charge in [-0.1, -0.05) is 6.07 Å². The van der Waals surface area contributed by atoms with Gasteiger partial charge in [0.25, 0.3) is 5.89 Å². The fourth-order valence-corrected chi connectivity index (χ4v) is 3.50. The highest BCUT2D eigenvalue weighted by atomic mass is 32.1. The quantitative estimate of drug-likeness (QED) is 0.870. The smallest absolute Gasteiger partial charge is 0.257 e. The summed E-state index contributed by atoms with van der Waals surface area (Å²) in [5, 5.41) is 10.4. The SMILES string of the molecule is C[C@H](c1nnc(-c2cccs2)o1)N1C[C@H](C)OC(C)(C)C1. The second kappa shape index (κ2) is 5.51. The van der Waals surface area contributed by atoms with Crippen LogP contribution in [0.4, 0.5) is 0 Å². The van der Waals surface area contributed by atoms with Crippen molar-refractivity contribution in [3.05, 3.63) is 23.4 Å². The van der Waals surface area contributed by atoms with Gasteiger partial charge in [-0.25, -0.2) is 0 Å². The van der Waals surface area contributed by atoms with Gasteiger partial charge in [-0.3, -0.25) is 4.90 Å². The lowest BCUT2D eigenvalue weighted by Gasteiger charge is -2.43. The van der Waals surface area contributed by atoms with E-state index in [0.717, 1.165) is 18.0 Å². The monoisotopic (exact) mass is 307 g/mol. The Morgan fingerprint density at radius 3 is 2.90 bits per heavy atom. The number of morpholine rings is 1. The molecule has 0 bridgehead atoms. The first kappa shape index (κ1) is 14.7. The molecule has 2 atom stereocenters. The molecule has 6 heteroatoms. The zero-order valence-corrected chi connectivity index (χ0v) is 13.7. The minimum Gasteiger partial charge on any atom is -0.418 e. The first-order chi connectivity index (χ1) is 9.94. The average molecular weight is 307 g/mol. The lowest BCUT2D eigenvalue weighted by molar-refractivity contribution is -0.138. The Bertz CT molecular complexity index is 594. The summed E-state index contributed by atoms with van der Waals surface area (Å²) in [6.07, 6.45) is 0.205. The Labute approximate surface area is 128 Å². The third kappa shape index (κ3) is 3.17. The molecule has 0 aromatic carbocycles. The summed E-state index contributed by atoms with van der Waals surface area (Å²) in [5.74, 6) is 1.27. The molecule has 2 aromatic rings. The Hall–Kier alpha value is -1.24. The van der Waals surface area contributed by atoms with Gasteiger partial charge in [0.1, 0.15) is 0 Å². The molecule has 1 aliphatic rings. The fraction of sp³-hybridized carbons (Fsp3) is 0.600. The normalized spacial score (nSPS) is 24.1. The van der Waals surface area contributed by atoms with E-state index in [1.807, 2.05) is 17.5 Å². The van der Waals surface area contributed by atoms with Crippen LogP contribution in [0.1, 0.15) is 39.6 Å². The standard InChI is InChI=1S/C15H21N3O2S/c1-10-8-18(9-15(3,4)20-10)11(2)13-16-17-14(19-13)12-6-5-7-21-12/h5-7,10-11H,8-9H2,1-4H3/t10-,11+/m0/s1. The molecule has 1 aliphatic heterocycles. The molecule has 0 radical (unpaired) electrons. The molecule has 0 amide bonds. The molecular weight excluding hydrogens is 286 g/mol. The minimum absolute atomic E-state index is 0.0943. The molecule has 0 spiro atoms. The van der Waals surface area contributed by atoms with Crippen LogP contribution >= 0.6 is 11.3 Å². The van der Waals surface area contributed by atoms with Gasteiger partial charge in [0.2, 0.25) is 5.89 Å². The Kier molecular flexibility index (Phi) is 3.86. The summed E-state index contributed by atoms with van der Waals surface area (Å²) in [6.45, 7) is 10.2. The maximum Gasteiger partial charge on any atom is 0.257 e. The van der Waals surface area contributed by atoms with Crippen LogP contribution in [0.3, 0.4) is 0 Å². The summed E-state index contributed by atoms with van der Waals surface area (Å²) in [4.78, 5) is 3.36. The Morgan fingerprint density at radius 1 is 1.43 bits per heavy atom. The second-order valence-electron chi connectivity index (χ2n) is 6.22. The Balaban J connectivity index is 1.77. The van der Waals surface area contributed by atoms with Gasteiger partial charge < -0.3 is 9.15 Å². The molecule has 5 nitrogen and oxygen atoms in total. The van der Waals surface area contributed by atoms with Gasteiger partial charge in [0.05, 0.1) is 22.6 Å². The van der Waals surface area contributed by atoms with Crippen molar-refractivity contribution in [1.29, 1.82) is 0 Å². The first-order valence-electron chi connectivity index (χ1n) is 7.24. The van der Waals surface area contributed by atoms with Crippen LogP contribution in [0, 0.1) is 0 Å². The molecule has 1 saturated heterocycles. The molecule has 3 heterocycles. The summed E-state index contributed by atoms with van der Waals surface area (Å²) in [5.41, 5.74) is -0.150. The van der Waals surface area contributed by atoms with E-state index < -0.39 is 0 Å². The van der Waals surface area contributed by atoms with Gasteiger partial charge in [0, 0.05) is 13.1 Å². The van der Waals surface area contributed by atoms with Crippen molar-refractivity contribution in [2.75, 3.05) is 13.1 Å². The molecule has 0 N–H and O–H groups in total. The summed E-state index contributed by atoms with van der Waals surface area (Å²) in [7, 11) is 0. The highest BCUT2D eigenvalue weighted by Gasteiger charge is 2.35. The number of ether oxygens (including phenoxy) is 1. The molecule has 3 rings (SSSR count). The van der Waals surface area contributed by atoms with E-state index in [1.165, 1.54) is 0 Å².